The van der Waals surface area contributed by atoms with E-state index in [-0.39, 0.29) is 29.9 Å². The lowest BCUT2D eigenvalue weighted by Gasteiger charge is -2.43. The van der Waals surface area contributed by atoms with E-state index in [2.05, 4.69) is 52.2 Å². The number of piperidine rings is 1. The van der Waals surface area contributed by atoms with E-state index in [4.69, 9.17) is 5.73 Å². The number of rotatable bonds is 5. The zero-order valence-electron chi connectivity index (χ0n) is 19.2. The van der Waals surface area contributed by atoms with Gasteiger partial charge < -0.3 is 15.5 Å². The van der Waals surface area contributed by atoms with E-state index in [0.29, 0.717) is 25.8 Å². The summed E-state index contributed by atoms with van der Waals surface area (Å²) >= 11 is 0. The summed E-state index contributed by atoms with van der Waals surface area (Å²) in [5.41, 5.74) is 9.48. The number of benzene rings is 2. The normalized spacial score (nSPS) is 18.2. The van der Waals surface area contributed by atoms with Crippen LogP contribution in [0.4, 0.5) is 5.82 Å². The molecule has 1 aromatic heterocycles. The molecule has 0 radical (unpaired) electrons. The van der Waals surface area contributed by atoms with Gasteiger partial charge in [-0.1, -0.05) is 54.1 Å². The van der Waals surface area contributed by atoms with Crippen molar-refractivity contribution in [2.45, 2.75) is 26.2 Å². The fourth-order valence-corrected chi connectivity index (χ4v) is 4.74. The highest BCUT2D eigenvalue weighted by molar-refractivity contribution is 5.96. The van der Waals surface area contributed by atoms with Gasteiger partial charge in [0.15, 0.2) is 0 Å². The zero-order valence-corrected chi connectivity index (χ0v) is 19.2. The fourth-order valence-electron chi connectivity index (χ4n) is 4.74. The largest absolute Gasteiger partial charge is 0.379 e. The highest BCUT2D eigenvalue weighted by Gasteiger charge is 2.45. The van der Waals surface area contributed by atoms with Crippen molar-refractivity contribution in [3.05, 3.63) is 65.4 Å². The summed E-state index contributed by atoms with van der Waals surface area (Å²) in [7, 11) is 3.51. The van der Waals surface area contributed by atoms with Crippen molar-refractivity contribution in [1.82, 2.24) is 20.1 Å². The number of likely N-dealkylation sites (tertiary alicyclic amines) is 1. The number of nitrogens with zero attached hydrogens (tertiary/aromatic N) is 4. The number of anilines is 1. The van der Waals surface area contributed by atoms with E-state index in [1.54, 1.807) is 23.9 Å². The van der Waals surface area contributed by atoms with Crippen molar-refractivity contribution in [3.63, 3.8) is 0 Å². The van der Waals surface area contributed by atoms with Crippen LogP contribution in [0.3, 0.4) is 0 Å². The Labute approximate surface area is 193 Å². The smallest absolute Gasteiger partial charge is 0.280 e. The number of carbonyl (C=O) groups is 2. The van der Waals surface area contributed by atoms with Crippen molar-refractivity contribution in [3.8, 4) is 11.1 Å². The third kappa shape index (κ3) is 4.60. The SMILES string of the molecule is Cc1cccc(-c2cccc(CC3(C(=O)N(C)C)CCCN(C(=O)c4nonc4N)C3)c2)c1. The van der Waals surface area contributed by atoms with Gasteiger partial charge in [0, 0.05) is 27.2 Å². The van der Waals surface area contributed by atoms with Crippen LogP contribution in [0.1, 0.15) is 34.5 Å². The molecule has 0 spiro atoms. The van der Waals surface area contributed by atoms with E-state index in [0.717, 1.165) is 16.7 Å². The van der Waals surface area contributed by atoms with Crippen LogP contribution in [0.5, 0.6) is 0 Å². The maximum Gasteiger partial charge on any atom is 0.280 e. The average molecular weight is 448 g/mol. The third-order valence-corrected chi connectivity index (χ3v) is 6.26. The molecule has 1 fully saturated rings. The minimum atomic E-state index is -0.742. The van der Waals surface area contributed by atoms with Gasteiger partial charge in [0.25, 0.3) is 5.91 Å². The maximum atomic E-state index is 13.5. The average Bonchev–Trinajstić information content (AvgIpc) is 3.24. The molecule has 2 aromatic carbocycles. The molecule has 2 heterocycles. The first-order chi connectivity index (χ1) is 15.8. The Hall–Kier alpha value is -3.68. The lowest BCUT2D eigenvalue weighted by Crippen LogP contribution is -2.54. The Kier molecular flexibility index (Phi) is 6.18. The van der Waals surface area contributed by atoms with Gasteiger partial charge >= 0.3 is 0 Å². The molecule has 1 saturated heterocycles. The number of hydrogen-bond donors (Lipinski definition) is 1. The molecule has 0 saturated carbocycles. The quantitative estimate of drug-likeness (QED) is 0.644. The van der Waals surface area contributed by atoms with Gasteiger partial charge in [-0.2, -0.15) is 0 Å². The summed E-state index contributed by atoms with van der Waals surface area (Å²) < 4.78 is 4.61. The summed E-state index contributed by atoms with van der Waals surface area (Å²) in [6.07, 6.45) is 1.92. The molecule has 1 aliphatic rings. The van der Waals surface area contributed by atoms with E-state index < -0.39 is 5.41 Å². The molecule has 0 bridgehead atoms. The predicted octanol–water partition coefficient (Wildman–Crippen LogP) is 3.18. The molecule has 1 unspecified atom stereocenters. The number of nitrogen functional groups attached to an aromatic ring is 1. The van der Waals surface area contributed by atoms with Crippen molar-refractivity contribution >= 4 is 17.6 Å². The van der Waals surface area contributed by atoms with Crippen LogP contribution in [0.2, 0.25) is 0 Å². The van der Waals surface area contributed by atoms with Crippen LogP contribution in [-0.4, -0.2) is 59.1 Å². The Bertz CT molecular complexity index is 1170. The Morgan fingerprint density at radius 1 is 1.12 bits per heavy atom. The molecule has 1 atom stereocenters. The highest BCUT2D eigenvalue weighted by atomic mass is 16.6. The number of carbonyl (C=O) groups excluding carboxylic acids is 2. The predicted molar refractivity (Wildman–Crippen MR) is 125 cm³/mol. The van der Waals surface area contributed by atoms with E-state index in [1.807, 2.05) is 18.2 Å². The molecule has 3 aromatic rings. The fraction of sp³-hybridized carbons (Fsp3) is 0.360. The monoisotopic (exact) mass is 447 g/mol. The van der Waals surface area contributed by atoms with Gasteiger partial charge in [0.05, 0.1) is 5.41 Å². The Balaban J connectivity index is 1.65. The van der Waals surface area contributed by atoms with E-state index >= 15 is 0 Å². The lowest BCUT2D eigenvalue weighted by molar-refractivity contribution is -0.142. The molecule has 33 heavy (non-hydrogen) atoms. The van der Waals surface area contributed by atoms with Crippen LogP contribution >= 0.6 is 0 Å². The summed E-state index contributed by atoms with van der Waals surface area (Å²) in [5, 5.41) is 7.17. The summed E-state index contributed by atoms with van der Waals surface area (Å²) in [4.78, 5) is 29.8. The molecule has 8 heteroatoms. The second-order valence-corrected chi connectivity index (χ2v) is 9.05. The van der Waals surface area contributed by atoms with Crippen molar-refractivity contribution in [2.75, 3.05) is 32.9 Å². The van der Waals surface area contributed by atoms with Crippen LogP contribution < -0.4 is 5.73 Å². The lowest BCUT2D eigenvalue weighted by atomic mass is 9.73. The zero-order chi connectivity index (χ0) is 23.6. The van der Waals surface area contributed by atoms with Gasteiger partial charge in [-0.25, -0.2) is 4.63 Å². The summed E-state index contributed by atoms with van der Waals surface area (Å²) in [6.45, 7) is 2.88. The van der Waals surface area contributed by atoms with Crippen LogP contribution in [-0.2, 0) is 11.2 Å². The highest BCUT2D eigenvalue weighted by Crippen LogP contribution is 2.37. The maximum absolute atomic E-state index is 13.5. The minimum absolute atomic E-state index is 0.00667. The summed E-state index contributed by atoms with van der Waals surface area (Å²) in [6, 6.07) is 16.6. The molecule has 2 N–H and O–H groups in total. The number of aromatic nitrogens is 2. The molecule has 2 amide bonds. The number of amides is 2. The second-order valence-electron chi connectivity index (χ2n) is 9.05. The first-order valence-corrected chi connectivity index (χ1v) is 11.0. The Morgan fingerprint density at radius 3 is 2.52 bits per heavy atom. The number of hydrogen-bond acceptors (Lipinski definition) is 6. The van der Waals surface area contributed by atoms with Gasteiger partial charge in [-0.15, -0.1) is 0 Å². The molecule has 172 valence electrons. The number of nitrogens with two attached hydrogens (primary N) is 1. The molecular formula is C25H29N5O3. The first kappa shape index (κ1) is 22.5. The standard InChI is InChI=1S/C25H29N5O3/c1-17-7-4-9-19(13-17)20-10-5-8-18(14-20)15-25(24(32)29(2)3)11-6-12-30(16-25)23(31)21-22(26)28-33-27-21/h4-5,7-10,13-14H,6,11-12,15-16H2,1-3H3,(H2,26,28). The summed E-state index contributed by atoms with van der Waals surface area (Å²) in [5.74, 6) is -0.397. The molecule has 8 nitrogen and oxygen atoms in total. The van der Waals surface area contributed by atoms with Crippen molar-refractivity contribution in [2.24, 2.45) is 5.41 Å². The van der Waals surface area contributed by atoms with E-state index in [1.165, 1.54) is 5.56 Å². The molecule has 0 aliphatic carbocycles. The minimum Gasteiger partial charge on any atom is -0.379 e. The first-order valence-electron chi connectivity index (χ1n) is 11.0. The second kappa shape index (κ2) is 9.05. The van der Waals surface area contributed by atoms with E-state index in [9.17, 15) is 9.59 Å². The van der Waals surface area contributed by atoms with Gasteiger partial charge in [0.1, 0.15) is 0 Å². The molecular weight excluding hydrogens is 418 g/mol. The van der Waals surface area contributed by atoms with Crippen molar-refractivity contribution in [1.29, 1.82) is 0 Å². The van der Waals surface area contributed by atoms with Gasteiger partial charge in [-0.3, -0.25) is 9.59 Å². The molecule has 4 rings (SSSR count). The van der Waals surface area contributed by atoms with Gasteiger partial charge in [0.2, 0.25) is 17.4 Å². The third-order valence-electron chi connectivity index (χ3n) is 6.26. The molecule has 1 aliphatic heterocycles. The topological polar surface area (TPSA) is 106 Å². The van der Waals surface area contributed by atoms with Crippen LogP contribution in [0, 0.1) is 12.3 Å². The van der Waals surface area contributed by atoms with Gasteiger partial charge in [-0.05, 0) is 53.2 Å². The Morgan fingerprint density at radius 2 is 1.85 bits per heavy atom. The van der Waals surface area contributed by atoms with Crippen molar-refractivity contribution < 1.29 is 14.2 Å². The number of aryl methyl sites for hydroxylation is 1. The van der Waals surface area contributed by atoms with Crippen LogP contribution in [0.15, 0.2) is 53.2 Å². The van der Waals surface area contributed by atoms with Crippen LogP contribution in [0.25, 0.3) is 11.1 Å².